The van der Waals surface area contributed by atoms with Crippen LogP contribution in [0.1, 0.15) is 0 Å². The van der Waals surface area contributed by atoms with Crippen molar-refractivity contribution in [2.75, 3.05) is 0 Å². The molecule has 0 fully saturated rings. The molecule has 102 valence electrons. The van der Waals surface area contributed by atoms with Crippen LogP contribution in [-0.2, 0) is 13.1 Å². The molecule has 0 aliphatic carbocycles. The third kappa shape index (κ3) is 2.05. The average Bonchev–Trinajstić information content (AvgIpc) is 3.03. The summed E-state index contributed by atoms with van der Waals surface area (Å²) in [5.41, 5.74) is 0.311. The zero-order chi connectivity index (χ0) is 14.1. The molecule has 0 N–H and O–H groups in total. The lowest BCUT2D eigenvalue weighted by Crippen LogP contribution is -2.23. The predicted molar refractivity (Wildman–Crippen MR) is 68.3 cm³/mol. The van der Waals surface area contributed by atoms with Crippen LogP contribution in [0.15, 0.2) is 41.5 Å². The van der Waals surface area contributed by atoms with Gasteiger partial charge < -0.3 is 10.1 Å². The summed E-state index contributed by atoms with van der Waals surface area (Å²) < 4.78 is 4.16. The Morgan fingerprint density at radius 3 is 2.70 bits per heavy atom. The number of nitro groups is 1. The van der Waals surface area contributed by atoms with Crippen LogP contribution in [0, 0.1) is 10.1 Å². The molecule has 9 nitrogen and oxygen atoms in total. The molecule has 0 atom stereocenters. The molecule has 0 saturated carbocycles. The monoisotopic (exact) mass is 274 g/mol. The molecule has 20 heavy (non-hydrogen) atoms. The van der Waals surface area contributed by atoms with Crippen molar-refractivity contribution in [1.29, 1.82) is 0 Å². The normalized spacial score (nSPS) is 11.0. The highest BCUT2D eigenvalue weighted by molar-refractivity contribution is 5.35. The van der Waals surface area contributed by atoms with Gasteiger partial charge in [-0.1, -0.05) is 6.07 Å². The molecule has 0 bridgehead atoms. The summed E-state index contributed by atoms with van der Waals surface area (Å²) in [5.74, 6) is -0.215. The van der Waals surface area contributed by atoms with Crippen molar-refractivity contribution in [2.24, 2.45) is 0 Å². The van der Waals surface area contributed by atoms with Gasteiger partial charge in [0.1, 0.15) is 0 Å². The molecular weight excluding hydrogens is 264 g/mol. The molecule has 0 unspecified atom stereocenters. The zero-order valence-electron chi connectivity index (χ0n) is 10.3. The van der Waals surface area contributed by atoms with Gasteiger partial charge in [-0.05, 0) is 17.1 Å². The number of hydrogen-bond donors (Lipinski definition) is 0. The molecule has 0 radical (unpaired) electrons. The van der Waals surface area contributed by atoms with Crippen molar-refractivity contribution in [3.63, 3.8) is 0 Å². The Bertz CT molecular complexity index is 830. The van der Waals surface area contributed by atoms with E-state index < -0.39 is 4.92 Å². The number of pyridine rings is 1. The molecule has 0 saturated heterocycles. The minimum Gasteiger partial charge on any atom is -0.358 e. The Hall–Kier alpha value is -2.97. The Morgan fingerprint density at radius 1 is 1.15 bits per heavy atom. The Kier molecular flexibility index (Phi) is 2.78. The number of rotatable bonds is 4. The summed E-state index contributed by atoms with van der Waals surface area (Å²) in [5, 5.41) is 18.5. The SMILES string of the molecule is O=c1n(CCn2ccc([N+](=O)[O-])n2)nc2ccccn12. The molecule has 9 heteroatoms. The van der Waals surface area contributed by atoms with Gasteiger partial charge in [0.15, 0.2) is 5.65 Å². The number of hydrogen-bond acceptors (Lipinski definition) is 5. The first-order valence-corrected chi connectivity index (χ1v) is 5.87. The van der Waals surface area contributed by atoms with Crippen LogP contribution < -0.4 is 5.69 Å². The van der Waals surface area contributed by atoms with Gasteiger partial charge in [-0.3, -0.25) is 4.40 Å². The van der Waals surface area contributed by atoms with Gasteiger partial charge in [0, 0.05) is 6.20 Å². The minimum absolute atomic E-state index is 0.215. The third-order valence-corrected chi connectivity index (χ3v) is 2.84. The van der Waals surface area contributed by atoms with Gasteiger partial charge in [-0.25, -0.2) is 9.48 Å². The molecule has 0 aliphatic rings. The number of aromatic nitrogens is 5. The van der Waals surface area contributed by atoms with E-state index in [0.717, 1.165) is 0 Å². The fourth-order valence-corrected chi connectivity index (χ4v) is 1.88. The van der Waals surface area contributed by atoms with E-state index in [0.29, 0.717) is 18.7 Å². The molecule has 0 aliphatic heterocycles. The Labute approximate surface area is 111 Å². The number of fused-ring (bicyclic) bond motifs is 1. The van der Waals surface area contributed by atoms with Crippen LogP contribution >= 0.6 is 0 Å². The Morgan fingerprint density at radius 2 is 2.00 bits per heavy atom. The van der Waals surface area contributed by atoms with Crippen molar-refractivity contribution in [3.8, 4) is 0 Å². The van der Waals surface area contributed by atoms with E-state index in [1.165, 1.54) is 26.0 Å². The van der Waals surface area contributed by atoms with Crippen LogP contribution in [-0.4, -0.2) is 28.9 Å². The summed E-state index contributed by atoms with van der Waals surface area (Å²) in [6.07, 6.45) is 3.14. The fraction of sp³-hybridized carbons (Fsp3) is 0.182. The summed E-state index contributed by atoms with van der Waals surface area (Å²) >= 11 is 0. The molecular formula is C11H10N6O3. The van der Waals surface area contributed by atoms with E-state index >= 15 is 0 Å². The quantitative estimate of drug-likeness (QED) is 0.503. The van der Waals surface area contributed by atoms with Gasteiger partial charge in [0.2, 0.25) is 0 Å². The van der Waals surface area contributed by atoms with Crippen molar-refractivity contribution in [3.05, 3.63) is 57.3 Å². The highest BCUT2D eigenvalue weighted by atomic mass is 16.6. The summed E-state index contributed by atoms with van der Waals surface area (Å²) in [7, 11) is 0. The zero-order valence-corrected chi connectivity index (χ0v) is 10.3. The van der Waals surface area contributed by atoms with E-state index in [2.05, 4.69) is 10.2 Å². The molecule has 3 aromatic rings. The molecule has 3 aromatic heterocycles. The van der Waals surface area contributed by atoms with Gasteiger partial charge in [-0.15, -0.1) is 5.10 Å². The molecule has 3 rings (SSSR count). The maximum atomic E-state index is 12.0. The summed E-state index contributed by atoms with van der Waals surface area (Å²) in [4.78, 5) is 21.9. The highest BCUT2D eigenvalue weighted by Crippen LogP contribution is 2.05. The van der Waals surface area contributed by atoms with Gasteiger partial charge in [0.05, 0.1) is 30.5 Å². The molecule has 3 heterocycles. The second-order valence-electron chi connectivity index (χ2n) is 4.13. The van der Waals surface area contributed by atoms with Crippen LogP contribution in [0.3, 0.4) is 0 Å². The fourth-order valence-electron chi connectivity index (χ4n) is 1.88. The lowest BCUT2D eigenvalue weighted by atomic mass is 10.5. The standard InChI is InChI=1S/C11H10N6O3/c18-11-15-5-2-1-3-9(15)13-16(11)8-7-14-6-4-10(12-14)17(19)20/h1-6H,7-8H2. The van der Waals surface area contributed by atoms with Gasteiger partial charge >= 0.3 is 11.5 Å². The molecule has 0 spiro atoms. The van der Waals surface area contributed by atoms with E-state index in [-0.39, 0.29) is 11.5 Å². The first kappa shape index (κ1) is 12.1. The van der Waals surface area contributed by atoms with E-state index in [1.807, 2.05) is 0 Å². The van der Waals surface area contributed by atoms with E-state index in [1.54, 1.807) is 24.4 Å². The summed E-state index contributed by atoms with van der Waals surface area (Å²) in [6, 6.07) is 6.59. The number of aryl methyl sites for hydroxylation is 2. The van der Waals surface area contributed by atoms with Gasteiger partial charge in [-0.2, -0.15) is 4.68 Å². The highest BCUT2D eigenvalue weighted by Gasteiger charge is 2.11. The lowest BCUT2D eigenvalue weighted by molar-refractivity contribution is -0.389. The van der Waals surface area contributed by atoms with Gasteiger partial charge in [0.25, 0.3) is 0 Å². The van der Waals surface area contributed by atoms with Crippen LogP contribution in [0.2, 0.25) is 0 Å². The van der Waals surface area contributed by atoms with E-state index in [4.69, 9.17) is 0 Å². The Balaban J connectivity index is 1.81. The second-order valence-corrected chi connectivity index (χ2v) is 4.13. The first-order chi connectivity index (χ1) is 9.65. The summed E-state index contributed by atoms with van der Waals surface area (Å²) in [6.45, 7) is 0.622. The second kappa shape index (κ2) is 4.61. The average molecular weight is 274 g/mol. The van der Waals surface area contributed by atoms with E-state index in [9.17, 15) is 14.9 Å². The molecule has 0 aromatic carbocycles. The van der Waals surface area contributed by atoms with Crippen LogP contribution in [0.25, 0.3) is 5.65 Å². The van der Waals surface area contributed by atoms with Crippen molar-refractivity contribution in [1.82, 2.24) is 24.0 Å². The molecule has 0 amide bonds. The van der Waals surface area contributed by atoms with Crippen molar-refractivity contribution >= 4 is 11.5 Å². The largest absolute Gasteiger partial charge is 0.389 e. The third-order valence-electron chi connectivity index (χ3n) is 2.84. The van der Waals surface area contributed by atoms with Crippen molar-refractivity contribution in [2.45, 2.75) is 13.1 Å². The lowest BCUT2D eigenvalue weighted by Gasteiger charge is -1.96. The number of nitrogens with zero attached hydrogens (tertiary/aromatic N) is 6. The maximum absolute atomic E-state index is 12.0. The topological polar surface area (TPSA) is 100 Å². The van der Waals surface area contributed by atoms with Crippen LogP contribution in [0.5, 0.6) is 0 Å². The van der Waals surface area contributed by atoms with Crippen molar-refractivity contribution < 1.29 is 4.92 Å². The smallest absolute Gasteiger partial charge is 0.358 e. The first-order valence-electron chi connectivity index (χ1n) is 5.87. The predicted octanol–water partition coefficient (Wildman–Crippen LogP) is 0.301. The van der Waals surface area contributed by atoms with Crippen LogP contribution in [0.4, 0.5) is 5.82 Å². The maximum Gasteiger partial charge on any atom is 0.389 e. The minimum atomic E-state index is -0.562.